The number of piperidine rings is 1. The Labute approximate surface area is 114 Å². The summed E-state index contributed by atoms with van der Waals surface area (Å²) in [6.45, 7) is 0.759. The standard InChI is InChI=1S/C13H15FN2O4/c14-9-2-1-3-10(11(9)12(18)19)15-13(20)16-6-4-8(17)5-7-16/h1-3,8,17H,4-7H2,(H,15,20)(H,18,19). The first-order valence-corrected chi connectivity index (χ1v) is 6.25. The van der Waals surface area contributed by atoms with Gasteiger partial charge in [-0.25, -0.2) is 14.0 Å². The summed E-state index contributed by atoms with van der Waals surface area (Å²) in [5.74, 6) is -2.34. The predicted molar refractivity (Wildman–Crippen MR) is 69.2 cm³/mol. The summed E-state index contributed by atoms with van der Waals surface area (Å²) in [6.07, 6.45) is 0.535. The van der Waals surface area contributed by atoms with Crippen LogP contribution in [0.4, 0.5) is 14.9 Å². The summed E-state index contributed by atoms with van der Waals surface area (Å²) in [7, 11) is 0. The molecule has 1 fully saturated rings. The first-order chi connectivity index (χ1) is 9.49. The zero-order valence-corrected chi connectivity index (χ0v) is 10.7. The number of aliphatic hydroxyl groups excluding tert-OH is 1. The van der Waals surface area contributed by atoms with Gasteiger partial charge in [-0.05, 0) is 25.0 Å². The van der Waals surface area contributed by atoms with Crippen molar-refractivity contribution < 1.29 is 24.2 Å². The maximum Gasteiger partial charge on any atom is 0.340 e. The summed E-state index contributed by atoms with van der Waals surface area (Å²) in [4.78, 5) is 24.4. The number of nitrogens with zero attached hydrogens (tertiary/aromatic N) is 1. The molecule has 1 heterocycles. The fraction of sp³-hybridized carbons (Fsp3) is 0.385. The highest BCUT2D eigenvalue weighted by molar-refractivity contribution is 6.00. The quantitative estimate of drug-likeness (QED) is 0.767. The molecule has 0 spiro atoms. The van der Waals surface area contributed by atoms with Gasteiger partial charge in [0.15, 0.2) is 0 Å². The highest BCUT2D eigenvalue weighted by atomic mass is 19.1. The summed E-state index contributed by atoms with van der Waals surface area (Å²) < 4.78 is 13.5. The lowest BCUT2D eigenvalue weighted by Gasteiger charge is -2.29. The minimum atomic E-state index is -1.44. The molecule has 0 saturated carbocycles. The second-order valence-electron chi connectivity index (χ2n) is 4.62. The van der Waals surface area contributed by atoms with Gasteiger partial charge in [-0.3, -0.25) is 0 Å². The number of rotatable bonds is 2. The largest absolute Gasteiger partial charge is 0.478 e. The molecular formula is C13H15FN2O4. The molecule has 0 aromatic heterocycles. The first-order valence-electron chi connectivity index (χ1n) is 6.25. The Morgan fingerprint density at radius 1 is 1.30 bits per heavy atom. The van der Waals surface area contributed by atoms with Crippen molar-refractivity contribution in [3.05, 3.63) is 29.6 Å². The van der Waals surface area contributed by atoms with Gasteiger partial charge < -0.3 is 20.4 Å². The molecule has 108 valence electrons. The van der Waals surface area contributed by atoms with Gasteiger partial charge in [-0.1, -0.05) is 6.07 Å². The van der Waals surface area contributed by atoms with Gasteiger partial charge in [0.05, 0.1) is 11.8 Å². The number of carbonyl (C=O) groups excluding carboxylic acids is 1. The van der Waals surface area contributed by atoms with E-state index in [1.165, 1.54) is 17.0 Å². The van der Waals surface area contributed by atoms with E-state index in [9.17, 15) is 19.1 Å². The molecule has 0 atom stereocenters. The van der Waals surface area contributed by atoms with Gasteiger partial charge >= 0.3 is 12.0 Å². The number of aliphatic hydroxyl groups is 1. The van der Waals surface area contributed by atoms with Gasteiger partial charge in [0.1, 0.15) is 11.4 Å². The van der Waals surface area contributed by atoms with E-state index in [0.717, 1.165) is 6.07 Å². The van der Waals surface area contributed by atoms with E-state index in [-0.39, 0.29) is 5.69 Å². The fourth-order valence-electron chi connectivity index (χ4n) is 2.11. The Bertz CT molecular complexity index is 527. The molecule has 1 saturated heterocycles. The molecule has 1 aliphatic heterocycles. The maximum absolute atomic E-state index is 13.5. The van der Waals surface area contributed by atoms with Crippen molar-refractivity contribution >= 4 is 17.7 Å². The number of benzene rings is 1. The molecule has 20 heavy (non-hydrogen) atoms. The molecular weight excluding hydrogens is 267 g/mol. The molecule has 6 nitrogen and oxygen atoms in total. The summed E-state index contributed by atoms with van der Waals surface area (Å²) >= 11 is 0. The Hall–Kier alpha value is -2.15. The minimum absolute atomic E-state index is 0.0754. The molecule has 0 bridgehead atoms. The molecule has 0 radical (unpaired) electrons. The van der Waals surface area contributed by atoms with Crippen molar-refractivity contribution in [1.82, 2.24) is 4.90 Å². The SMILES string of the molecule is O=C(O)c1c(F)cccc1NC(=O)N1CCC(O)CC1. The van der Waals surface area contributed by atoms with Crippen LogP contribution < -0.4 is 5.32 Å². The zero-order valence-electron chi connectivity index (χ0n) is 10.7. The third-order valence-electron chi connectivity index (χ3n) is 3.22. The summed E-state index contributed by atoms with van der Waals surface area (Å²) in [6, 6.07) is 3.20. The Balaban J connectivity index is 2.12. The monoisotopic (exact) mass is 282 g/mol. The van der Waals surface area contributed by atoms with Gasteiger partial charge in [0, 0.05) is 13.1 Å². The van der Waals surface area contributed by atoms with Crippen molar-refractivity contribution in [2.75, 3.05) is 18.4 Å². The molecule has 1 aliphatic rings. The normalized spacial score (nSPS) is 16.0. The van der Waals surface area contributed by atoms with Crippen LogP contribution in [0.15, 0.2) is 18.2 Å². The zero-order chi connectivity index (χ0) is 14.7. The van der Waals surface area contributed by atoms with Crippen molar-refractivity contribution in [2.24, 2.45) is 0 Å². The average molecular weight is 282 g/mol. The Kier molecular flexibility index (Phi) is 4.19. The molecule has 0 unspecified atom stereocenters. The van der Waals surface area contributed by atoms with Crippen LogP contribution in [-0.4, -0.2) is 46.3 Å². The number of nitrogens with one attached hydrogen (secondary N) is 1. The van der Waals surface area contributed by atoms with E-state index in [1.807, 2.05) is 0 Å². The number of urea groups is 1. The number of amides is 2. The van der Waals surface area contributed by atoms with E-state index >= 15 is 0 Å². The number of hydrogen-bond acceptors (Lipinski definition) is 3. The van der Waals surface area contributed by atoms with Crippen molar-refractivity contribution in [2.45, 2.75) is 18.9 Å². The van der Waals surface area contributed by atoms with Crippen LogP contribution in [0.25, 0.3) is 0 Å². The Morgan fingerprint density at radius 2 is 1.95 bits per heavy atom. The van der Waals surface area contributed by atoms with Crippen molar-refractivity contribution in [1.29, 1.82) is 0 Å². The number of halogens is 1. The van der Waals surface area contributed by atoms with Crippen LogP contribution in [-0.2, 0) is 0 Å². The lowest BCUT2D eigenvalue weighted by Crippen LogP contribution is -2.42. The summed E-state index contributed by atoms with van der Waals surface area (Å²) in [5.41, 5.74) is -0.633. The molecule has 0 aliphatic carbocycles. The first kappa shape index (κ1) is 14.3. The third-order valence-corrected chi connectivity index (χ3v) is 3.22. The number of likely N-dealkylation sites (tertiary alicyclic amines) is 1. The Morgan fingerprint density at radius 3 is 2.55 bits per heavy atom. The molecule has 2 amide bonds. The topological polar surface area (TPSA) is 89.9 Å². The maximum atomic E-state index is 13.5. The molecule has 3 N–H and O–H groups in total. The number of carbonyl (C=O) groups is 2. The van der Waals surface area contributed by atoms with Crippen LogP contribution in [0.3, 0.4) is 0 Å². The van der Waals surface area contributed by atoms with E-state index in [2.05, 4.69) is 5.32 Å². The average Bonchev–Trinajstić information content (AvgIpc) is 2.39. The van der Waals surface area contributed by atoms with E-state index < -0.39 is 29.5 Å². The van der Waals surface area contributed by atoms with Crippen molar-refractivity contribution in [3.63, 3.8) is 0 Å². The van der Waals surface area contributed by atoms with E-state index in [0.29, 0.717) is 25.9 Å². The second-order valence-corrected chi connectivity index (χ2v) is 4.62. The smallest absolute Gasteiger partial charge is 0.340 e. The highest BCUT2D eigenvalue weighted by Crippen LogP contribution is 2.20. The number of carboxylic acid groups (broad SMARTS) is 1. The van der Waals surface area contributed by atoms with E-state index in [1.54, 1.807) is 0 Å². The van der Waals surface area contributed by atoms with Crippen LogP contribution in [0.1, 0.15) is 23.2 Å². The van der Waals surface area contributed by atoms with Crippen molar-refractivity contribution in [3.8, 4) is 0 Å². The molecule has 2 rings (SSSR count). The predicted octanol–water partition coefficient (Wildman–Crippen LogP) is 1.51. The lowest BCUT2D eigenvalue weighted by molar-refractivity contribution is 0.0693. The molecule has 1 aromatic rings. The van der Waals surface area contributed by atoms with Gasteiger partial charge in [-0.15, -0.1) is 0 Å². The number of anilines is 1. The minimum Gasteiger partial charge on any atom is -0.478 e. The summed E-state index contributed by atoms with van der Waals surface area (Å²) in [5, 5.41) is 20.7. The number of hydrogen-bond donors (Lipinski definition) is 3. The van der Waals surface area contributed by atoms with Crippen LogP contribution >= 0.6 is 0 Å². The third kappa shape index (κ3) is 3.05. The highest BCUT2D eigenvalue weighted by Gasteiger charge is 2.23. The van der Waals surface area contributed by atoms with E-state index in [4.69, 9.17) is 5.11 Å². The van der Waals surface area contributed by atoms with Crippen LogP contribution in [0, 0.1) is 5.82 Å². The van der Waals surface area contributed by atoms with Gasteiger partial charge in [-0.2, -0.15) is 0 Å². The van der Waals surface area contributed by atoms with Gasteiger partial charge in [0.25, 0.3) is 0 Å². The van der Waals surface area contributed by atoms with Gasteiger partial charge in [0.2, 0.25) is 0 Å². The number of carboxylic acids is 1. The number of aromatic carboxylic acids is 1. The fourth-order valence-corrected chi connectivity index (χ4v) is 2.11. The second kappa shape index (κ2) is 5.87. The van der Waals surface area contributed by atoms with Crippen LogP contribution in [0.2, 0.25) is 0 Å². The molecule has 1 aromatic carbocycles. The lowest BCUT2D eigenvalue weighted by atomic mass is 10.1. The van der Waals surface area contributed by atoms with Crippen LogP contribution in [0.5, 0.6) is 0 Å². The molecule has 7 heteroatoms.